The molecule has 3 rings (SSSR count). The summed E-state index contributed by atoms with van der Waals surface area (Å²) < 4.78 is 1.96. The summed E-state index contributed by atoms with van der Waals surface area (Å²) in [5, 5.41) is 8.91. The van der Waals surface area contributed by atoms with Crippen LogP contribution in [0, 0.1) is 18.3 Å². The van der Waals surface area contributed by atoms with Crippen LogP contribution in [0.5, 0.6) is 0 Å². The number of benzene rings is 1. The van der Waals surface area contributed by atoms with Gasteiger partial charge in [-0.05, 0) is 43.3 Å². The Bertz CT molecular complexity index is 904. The number of aromatic nitrogens is 2. The van der Waals surface area contributed by atoms with Crippen LogP contribution in [0.2, 0.25) is 0 Å². The molecule has 0 saturated heterocycles. The number of carbonyl (C=O) groups excluding carboxylic acids is 1. The first kappa shape index (κ1) is 14.3. The molecule has 2 aromatic heterocycles. The summed E-state index contributed by atoms with van der Waals surface area (Å²) in [5.74, 6) is -0.223. The van der Waals surface area contributed by atoms with Crippen LogP contribution in [0.3, 0.4) is 0 Å². The van der Waals surface area contributed by atoms with Crippen LogP contribution in [-0.2, 0) is 0 Å². The van der Waals surface area contributed by atoms with E-state index in [9.17, 15) is 4.79 Å². The van der Waals surface area contributed by atoms with Crippen molar-refractivity contribution in [3.05, 3.63) is 59.4 Å². The second kappa shape index (κ2) is 5.63. The van der Waals surface area contributed by atoms with Gasteiger partial charge in [0.25, 0.3) is 0 Å². The van der Waals surface area contributed by atoms with E-state index >= 15 is 0 Å². The highest BCUT2D eigenvalue weighted by Crippen LogP contribution is 2.28. The number of carbonyl (C=O) groups is 1. The molecule has 0 fully saturated rings. The minimum Gasteiger partial charge on any atom is -0.312 e. The van der Waals surface area contributed by atoms with Crippen molar-refractivity contribution >= 4 is 28.4 Å². The van der Waals surface area contributed by atoms with Crippen molar-refractivity contribution in [1.29, 1.82) is 5.26 Å². The van der Waals surface area contributed by atoms with E-state index in [0.717, 1.165) is 16.9 Å². The van der Waals surface area contributed by atoms with Gasteiger partial charge in [0, 0.05) is 17.6 Å². The molecule has 0 amide bonds. The summed E-state index contributed by atoms with van der Waals surface area (Å²) in [4.78, 5) is 16.5. The molecule has 2 heterocycles. The van der Waals surface area contributed by atoms with Gasteiger partial charge in [-0.1, -0.05) is 0 Å². The summed E-state index contributed by atoms with van der Waals surface area (Å²) in [6, 6.07) is 13.1. The molecule has 5 heteroatoms. The van der Waals surface area contributed by atoms with Crippen molar-refractivity contribution in [3.8, 4) is 11.8 Å². The maximum atomic E-state index is 12.2. The van der Waals surface area contributed by atoms with Gasteiger partial charge in [0.15, 0.2) is 5.78 Å². The predicted octanol–water partition coefficient (Wildman–Crippen LogP) is 3.63. The Morgan fingerprint density at radius 3 is 2.68 bits per heavy atom. The fourth-order valence-corrected chi connectivity index (χ4v) is 2.79. The Morgan fingerprint density at radius 2 is 2.05 bits per heavy atom. The third-order valence-corrected chi connectivity index (χ3v) is 3.86. The van der Waals surface area contributed by atoms with Crippen LogP contribution in [0.25, 0.3) is 16.7 Å². The first-order chi connectivity index (χ1) is 10.7. The van der Waals surface area contributed by atoms with Crippen molar-refractivity contribution in [1.82, 2.24) is 9.55 Å². The summed E-state index contributed by atoms with van der Waals surface area (Å²) in [6.07, 6.45) is 1.66. The zero-order valence-electron chi connectivity index (χ0n) is 11.9. The molecule has 0 N–H and O–H groups in total. The molecule has 0 aliphatic carbocycles. The number of rotatable bonds is 3. The van der Waals surface area contributed by atoms with E-state index in [0.29, 0.717) is 16.6 Å². The smallest absolute Gasteiger partial charge is 0.181 e. The van der Waals surface area contributed by atoms with Crippen LogP contribution < -0.4 is 0 Å². The van der Waals surface area contributed by atoms with Crippen molar-refractivity contribution in [2.75, 3.05) is 5.88 Å². The van der Waals surface area contributed by atoms with Gasteiger partial charge in [-0.25, -0.2) is 0 Å². The summed E-state index contributed by atoms with van der Waals surface area (Å²) in [5.41, 5.74) is 4.31. The third-order valence-electron chi connectivity index (χ3n) is 3.62. The van der Waals surface area contributed by atoms with Crippen LogP contribution in [0.4, 0.5) is 0 Å². The van der Waals surface area contributed by atoms with E-state index in [1.165, 1.54) is 0 Å². The molecular weight excluding hydrogens is 298 g/mol. The molecule has 0 radical (unpaired) electrons. The van der Waals surface area contributed by atoms with Gasteiger partial charge < -0.3 is 4.57 Å². The Morgan fingerprint density at radius 1 is 1.32 bits per heavy atom. The lowest BCUT2D eigenvalue weighted by molar-refractivity contribution is 0.102. The maximum absolute atomic E-state index is 12.2. The molecule has 0 unspecified atom stereocenters. The minimum atomic E-state index is -0.143. The fourth-order valence-electron chi connectivity index (χ4n) is 2.65. The van der Waals surface area contributed by atoms with E-state index in [2.05, 4.69) is 11.1 Å². The second-order valence-electron chi connectivity index (χ2n) is 4.88. The molecule has 0 aliphatic rings. The number of nitriles is 1. The second-order valence-corrected chi connectivity index (χ2v) is 5.15. The first-order valence-electron chi connectivity index (χ1n) is 6.73. The molecule has 0 saturated carbocycles. The zero-order valence-corrected chi connectivity index (χ0v) is 12.6. The average molecular weight is 310 g/mol. The summed E-state index contributed by atoms with van der Waals surface area (Å²) in [7, 11) is 0. The molecule has 1 aromatic carbocycles. The lowest BCUT2D eigenvalue weighted by Crippen LogP contribution is -2.04. The Labute approximate surface area is 132 Å². The van der Waals surface area contributed by atoms with E-state index in [1.807, 2.05) is 35.8 Å². The van der Waals surface area contributed by atoms with Gasteiger partial charge in [0.05, 0.1) is 34.1 Å². The number of hydrogen-bond donors (Lipinski definition) is 0. The monoisotopic (exact) mass is 309 g/mol. The average Bonchev–Trinajstić information content (AvgIpc) is 2.86. The topological polar surface area (TPSA) is 58.7 Å². The molecule has 3 aromatic rings. The van der Waals surface area contributed by atoms with Crippen LogP contribution in [-0.4, -0.2) is 21.2 Å². The highest BCUT2D eigenvalue weighted by molar-refractivity contribution is 6.32. The summed E-state index contributed by atoms with van der Waals surface area (Å²) >= 11 is 5.73. The normalized spacial score (nSPS) is 10.6. The molecule has 0 aliphatic heterocycles. The third kappa shape index (κ3) is 2.16. The van der Waals surface area contributed by atoms with Crippen molar-refractivity contribution in [2.24, 2.45) is 0 Å². The number of fused-ring (bicyclic) bond motifs is 1. The summed E-state index contributed by atoms with van der Waals surface area (Å²) in [6.45, 7) is 1.87. The Balaban J connectivity index is 2.32. The molecule has 0 spiro atoms. The van der Waals surface area contributed by atoms with Gasteiger partial charge in [0.2, 0.25) is 0 Å². The molecule has 108 valence electrons. The van der Waals surface area contributed by atoms with E-state index in [-0.39, 0.29) is 11.7 Å². The van der Waals surface area contributed by atoms with Gasteiger partial charge in [-0.15, -0.1) is 11.6 Å². The predicted molar refractivity (Wildman–Crippen MR) is 85.6 cm³/mol. The van der Waals surface area contributed by atoms with Crippen molar-refractivity contribution in [3.63, 3.8) is 0 Å². The van der Waals surface area contributed by atoms with Gasteiger partial charge in [-0.3, -0.25) is 9.78 Å². The van der Waals surface area contributed by atoms with Gasteiger partial charge >= 0.3 is 0 Å². The van der Waals surface area contributed by atoms with E-state index in [1.54, 1.807) is 18.3 Å². The highest BCUT2D eigenvalue weighted by Gasteiger charge is 2.20. The Kier molecular flexibility index (Phi) is 3.66. The van der Waals surface area contributed by atoms with Crippen LogP contribution in [0.15, 0.2) is 42.6 Å². The lowest BCUT2D eigenvalue weighted by Gasteiger charge is -2.08. The first-order valence-corrected chi connectivity index (χ1v) is 7.26. The maximum Gasteiger partial charge on any atom is 0.181 e. The zero-order chi connectivity index (χ0) is 15.7. The molecule has 4 nitrogen and oxygen atoms in total. The SMILES string of the molecule is Cc1c(C(=O)CCl)c2ncccc2n1-c1ccc(C#N)cc1. The van der Waals surface area contributed by atoms with Crippen molar-refractivity contribution in [2.45, 2.75) is 6.92 Å². The molecule has 22 heavy (non-hydrogen) atoms. The van der Waals surface area contributed by atoms with E-state index in [4.69, 9.17) is 16.9 Å². The Hall–Kier alpha value is -2.64. The van der Waals surface area contributed by atoms with Crippen molar-refractivity contribution < 1.29 is 4.79 Å². The number of nitrogens with zero attached hydrogens (tertiary/aromatic N) is 3. The quantitative estimate of drug-likeness (QED) is 0.548. The number of hydrogen-bond acceptors (Lipinski definition) is 3. The number of halogens is 1. The standard InChI is InChI=1S/C17H12ClN3O/c1-11-16(15(22)9-18)17-14(3-2-8-20-17)21(11)13-6-4-12(10-19)5-7-13/h2-8H,9H2,1H3. The number of alkyl halides is 1. The van der Waals surface area contributed by atoms with Crippen LogP contribution >= 0.6 is 11.6 Å². The minimum absolute atomic E-state index is 0.0795. The largest absolute Gasteiger partial charge is 0.312 e. The molecule has 0 bridgehead atoms. The van der Waals surface area contributed by atoms with Gasteiger partial charge in [-0.2, -0.15) is 5.26 Å². The van der Waals surface area contributed by atoms with E-state index < -0.39 is 0 Å². The number of Topliss-reactive ketones (excluding diaryl/α,β-unsaturated/α-hetero) is 1. The van der Waals surface area contributed by atoms with Gasteiger partial charge in [0.1, 0.15) is 0 Å². The number of pyridine rings is 1. The van der Waals surface area contributed by atoms with Crippen LogP contribution in [0.1, 0.15) is 21.6 Å². The highest BCUT2D eigenvalue weighted by atomic mass is 35.5. The molecule has 0 atom stereocenters. The fraction of sp³-hybridized carbons (Fsp3) is 0.118. The molecular formula is C17H12ClN3O. The lowest BCUT2D eigenvalue weighted by atomic mass is 10.1. The number of ketones is 1.